The Morgan fingerprint density at radius 3 is 2.21 bits per heavy atom. The monoisotopic (exact) mass is 765 g/mol. The Morgan fingerprint density at radius 2 is 1.62 bits per heavy atom. The van der Waals surface area contributed by atoms with Crippen LogP contribution in [0.2, 0.25) is 10.0 Å². The summed E-state index contributed by atoms with van der Waals surface area (Å²) in [6, 6.07) is 18.2. The molecule has 1 unspecified atom stereocenters. The average Bonchev–Trinajstić information content (AvgIpc) is 3.65. The van der Waals surface area contributed by atoms with Crippen LogP contribution in [0.1, 0.15) is 19.5 Å². The number of hydrogen-bond acceptors (Lipinski definition) is 12. The molecule has 5 atom stereocenters. The lowest BCUT2D eigenvalue weighted by atomic mass is 9.92. The van der Waals surface area contributed by atoms with E-state index in [1.807, 2.05) is 0 Å². The van der Waals surface area contributed by atoms with E-state index >= 15 is 0 Å². The van der Waals surface area contributed by atoms with E-state index in [2.05, 4.69) is 20.7 Å². The molecule has 0 amide bonds. The molecule has 14 nitrogen and oxygen atoms in total. The zero-order valence-corrected chi connectivity index (χ0v) is 29.1. The molecule has 47 heavy (non-hydrogen) atoms. The maximum absolute atomic E-state index is 12.6. The van der Waals surface area contributed by atoms with Crippen molar-refractivity contribution in [3.05, 3.63) is 82.7 Å². The third-order valence-corrected chi connectivity index (χ3v) is 9.11. The molecule has 4 aromatic rings. The molecule has 0 radical (unpaired) electrons. The van der Waals surface area contributed by atoms with Crippen LogP contribution in [0, 0.1) is 11.3 Å². The first kappa shape index (κ1) is 35.7. The number of halogens is 4. The number of aromatic nitrogens is 3. The minimum atomic E-state index is -4.60. The number of phosphoric acid groups is 1. The fourth-order valence-electron chi connectivity index (χ4n) is 4.93. The molecular weight excluding hydrogens is 742 g/mol. The third kappa shape index (κ3) is 7.99. The van der Waals surface area contributed by atoms with Crippen molar-refractivity contribution in [2.24, 2.45) is 0 Å². The Kier molecular flexibility index (Phi) is 10.4. The molecule has 0 saturated carbocycles. The van der Waals surface area contributed by atoms with E-state index in [4.69, 9.17) is 74.7 Å². The van der Waals surface area contributed by atoms with Crippen LogP contribution < -0.4 is 14.8 Å². The number of nitriles is 1. The van der Waals surface area contributed by atoms with Gasteiger partial charge in [0.1, 0.15) is 47.7 Å². The van der Waals surface area contributed by atoms with E-state index in [0.717, 1.165) is 0 Å². The van der Waals surface area contributed by atoms with Gasteiger partial charge in [-0.25, -0.2) is 18.6 Å². The van der Waals surface area contributed by atoms with Crippen molar-refractivity contribution in [1.82, 2.24) is 14.6 Å². The first-order valence-corrected chi connectivity index (χ1v) is 19.1. The molecule has 250 valence electrons. The van der Waals surface area contributed by atoms with Crippen LogP contribution in [0.15, 0.2) is 67.0 Å². The van der Waals surface area contributed by atoms with Gasteiger partial charge in [0.25, 0.3) is 0 Å². The highest BCUT2D eigenvalue weighted by Crippen LogP contribution is 2.58. The van der Waals surface area contributed by atoms with Crippen molar-refractivity contribution in [2.75, 3.05) is 12.3 Å². The van der Waals surface area contributed by atoms with Gasteiger partial charge in [0.05, 0.1) is 22.3 Å². The van der Waals surface area contributed by atoms with E-state index in [0.29, 0.717) is 16.2 Å². The van der Waals surface area contributed by atoms with Gasteiger partial charge in [-0.15, -0.1) is 0 Å². The number of ether oxygens (including phenoxy) is 3. The number of para-hydroxylation sites is 2. The zero-order chi connectivity index (χ0) is 34.2. The van der Waals surface area contributed by atoms with Crippen LogP contribution in [0.5, 0.6) is 11.5 Å². The summed E-state index contributed by atoms with van der Waals surface area (Å²) in [6.45, 7) is 2.95. The van der Waals surface area contributed by atoms with Crippen LogP contribution >= 0.6 is 59.6 Å². The van der Waals surface area contributed by atoms with Gasteiger partial charge in [-0.1, -0.05) is 47.5 Å². The predicted molar refractivity (Wildman–Crippen MR) is 173 cm³/mol. The molecule has 0 aliphatic carbocycles. The van der Waals surface area contributed by atoms with Crippen molar-refractivity contribution in [3.8, 4) is 17.6 Å². The van der Waals surface area contributed by atoms with E-state index in [-0.39, 0.29) is 22.3 Å². The normalized spacial score (nSPS) is 24.4. The van der Waals surface area contributed by atoms with Gasteiger partial charge in [-0.3, -0.25) is 9.42 Å². The van der Waals surface area contributed by atoms with Crippen LogP contribution in [-0.2, 0) is 33.5 Å². The maximum Gasteiger partial charge on any atom is 0.527 e. The molecule has 4 heterocycles. The molecule has 0 spiro atoms. The number of anilines is 1. The first-order chi connectivity index (χ1) is 22.0. The summed E-state index contributed by atoms with van der Waals surface area (Å²) in [4.78, 5) is 14.2. The average molecular weight is 767 g/mol. The second kappa shape index (κ2) is 13.7. The maximum atomic E-state index is 12.6. The van der Waals surface area contributed by atoms with Crippen molar-refractivity contribution < 1.29 is 41.8 Å². The fraction of sp³-hybridized carbons (Fsp3) is 0.296. The number of fused-ring (bicyclic) bond motifs is 2. The van der Waals surface area contributed by atoms with Crippen LogP contribution in [0.25, 0.3) is 5.52 Å². The van der Waals surface area contributed by atoms with Crippen LogP contribution in [-0.4, -0.2) is 50.2 Å². The molecule has 20 heteroatoms. The third-order valence-electron chi connectivity index (χ3n) is 6.76. The van der Waals surface area contributed by atoms with Gasteiger partial charge >= 0.3 is 13.9 Å². The zero-order valence-electron chi connectivity index (χ0n) is 24.3. The van der Waals surface area contributed by atoms with Crippen LogP contribution in [0.3, 0.4) is 0 Å². The Morgan fingerprint density at radius 1 is 1.00 bits per heavy atom. The fourth-order valence-corrected chi connectivity index (χ4v) is 7.02. The number of nitrogens with two attached hydrogens (primary N) is 1. The van der Waals surface area contributed by atoms with Crippen molar-refractivity contribution in [1.29, 1.82) is 5.26 Å². The highest BCUT2D eigenvalue weighted by atomic mass is 35.9. The van der Waals surface area contributed by atoms with Gasteiger partial charge < -0.3 is 29.0 Å². The lowest BCUT2D eigenvalue weighted by Gasteiger charge is -2.29. The van der Waals surface area contributed by atoms with Gasteiger partial charge in [0, 0.05) is 22.5 Å². The van der Waals surface area contributed by atoms with E-state index in [1.54, 1.807) is 56.3 Å². The quantitative estimate of drug-likeness (QED) is 0.173. The van der Waals surface area contributed by atoms with Crippen LogP contribution in [0.4, 0.5) is 5.82 Å². The van der Waals surface area contributed by atoms with E-state index in [1.165, 1.54) is 29.0 Å². The molecule has 2 aliphatic heterocycles. The molecule has 0 bridgehead atoms. The largest absolute Gasteiger partial charge is 0.527 e. The van der Waals surface area contributed by atoms with Gasteiger partial charge in [0.2, 0.25) is 5.60 Å². The summed E-state index contributed by atoms with van der Waals surface area (Å²) in [5.74, 6) is -0.643. The first-order valence-electron chi connectivity index (χ1n) is 13.4. The highest BCUT2D eigenvalue weighted by Gasteiger charge is 2.65. The van der Waals surface area contributed by atoms with E-state index in [9.17, 15) is 19.3 Å². The second-order valence-electron chi connectivity index (χ2n) is 10.4. The number of benzene rings is 2. The molecule has 3 N–H and O–H groups in total. The number of rotatable bonds is 8. The van der Waals surface area contributed by atoms with Gasteiger partial charge in [-0.05, 0) is 50.2 Å². The number of nitrogen functional groups attached to an aromatic ring is 1. The van der Waals surface area contributed by atoms with E-state index < -0.39 is 50.2 Å². The summed E-state index contributed by atoms with van der Waals surface area (Å²) in [5, 5.41) is 15.0. The summed E-state index contributed by atoms with van der Waals surface area (Å²) >= 11 is 22.0. The molecule has 2 fully saturated rings. The standard InChI is InChI=1S/C21H21ClN5O7P.C6H4Cl3O2P/c1-20(2)32-17-15(9-30-35(28,29)34-14-6-4-3-5-12(14)22)31-21(10-23,18(17)33-20)16-8-7-13-19(24)25-11-26-27(13)16;7-5-3-1-2-4-6(5)11-12(8,9)10/h3-8,11,15,17-18H,9H2,1-2H3,(H,28,29)(H2,24,25,26);1-4H/t15-,17-,18-,21+;/m1./s1. The summed E-state index contributed by atoms with van der Waals surface area (Å²) in [5.41, 5.74) is 5.06. The summed E-state index contributed by atoms with van der Waals surface area (Å²) < 4.78 is 58.0. The molecular formula is C27H25Cl4N5O9P2. The molecule has 2 aromatic carbocycles. The second-order valence-corrected chi connectivity index (χ2v) is 16.8. The van der Waals surface area contributed by atoms with Gasteiger partial charge in [-0.2, -0.15) is 10.4 Å². The Balaban J connectivity index is 0.000000305. The Hall–Kier alpha value is -2.63. The number of phosphoric ester groups is 1. The minimum absolute atomic E-state index is 0.0184. The SMILES string of the molecule is CC1(C)O[C@H]2[C@@H](O1)[C@](C#N)(c1ccc3c(N)ncnn13)O[C@@H]2COP(=O)(O)Oc1ccccc1Cl.O=P(Cl)(Cl)Oc1ccccc1Cl. The van der Waals surface area contributed by atoms with Crippen molar-refractivity contribution in [2.45, 2.75) is 43.5 Å². The Bertz CT molecular complexity index is 1920. The Labute approximate surface area is 287 Å². The molecule has 2 aliphatic rings. The highest BCUT2D eigenvalue weighted by molar-refractivity contribution is 8.05. The topological polar surface area (TPSA) is 190 Å². The predicted octanol–water partition coefficient (Wildman–Crippen LogP) is 7.10. The number of nitrogens with zero attached hydrogens (tertiary/aromatic N) is 4. The molecule has 2 aromatic heterocycles. The summed E-state index contributed by atoms with van der Waals surface area (Å²) in [7, 11) is -4.60. The lowest BCUT2D eigenvalue weighted by molar-refractivity contribution is -0.204. The molecule has 6 rings (SSSR count). The number of hydrogen-bond donors (Lipinski definition) is 2. The van der Waals surface area contributed by atoms with Crippen molar-refractivity contribution >= 4 is 70.9 Å². The minimum Gasteiger partial charge on any atom is -0.421 e. The smallest absolute Gasteiger partial charge is 0.421 e. The van der Waals surface area contributed by atoms with Crippen molar-refractivity contribution in [3.63, 3.8) is 0 Å². The molecule has 2 saturated heterocycles. The van der Waals surface area contributed by atoms with Gasteiger partial charge in [0.15, 0.2) is 11.6 Å². The lowest BCUT2D eigenvalue weighted by Crippen LogP contribution is -2.40. The summed E-state index contributed by atoms with van der Waals surface area (Å²) in [6.07, 6.45) is -4.99.